The van der Waals surface area contributed by atoms with Gasteiger partial charge in [-0.25, -0.2) is 13.2 Å². The molecule has 3 heterocycles. The number of halogens is 3. The zero-order chi connectivity index (χ0) is 24.6. The number of aromatic nitrogens is 3. The maximum atomic E-state index is 14.6. The Morgan fingerprint density at radius 1 is 1.14 bits per heavy atom. The number of hydrogen-bond acceptors (Lipinski definition) is 6. The second-order valence-electron chi connectivity index (χ2n) is 9.33. The van der Waals surface area contributed by atoms with E-state index in [1.807, 2.05) is 7.05 Å². The molecule has 0 atom stereocenters. The topological polar surface area (TPSA) is 74.2 Å². The van der Waals surface area contributed by atoms with E-state index >= 15 is 0 Å². The minimum atomic E-state index is -1.01. The summed E-state index contributed by atoms with van der Waals surface area (Å²) in [4.78, 5) is 19.5. The predicted octanol–water partition coefficient (Wildman–Crippen LogP) is 3.58. The van der Waals surface area contributed by atoms with E-state index in [9.17, 15) is 18.0 Å². The van der Waals surface area contributed by atoms with Gasteiger partial charge in [-0.2, -0.15) is 0 Å². The fraction of sp³-hybridized carbons (Fsp3) is 0.360. The molecule has 0 radical (unpaired) electrons. The smallest absolute Gasteiger partial charge is 0.214 e. The van der Waals surface area contributed by atoms with Gasteiger partial charge in [-0.15, -0.1) is 10.2 Å². The molecule has 10 heteroatoms. The van der Waals surface area contributed by atoms with Crippen molar-refractivity contribution in [2.24, 2.45) is 0 Å². The Balaban J connectivity index is 1.32. The summed E-state index contributed by atoms with van der Waals surface area (Å²) < 4.78 is 42.7. The molecule has 1 amide bonds. The number of nitrogens with zero attached hydrogens (tertiary/aromatic N) is 5. The third-order valence-corrected chi connectivity index (χ3v) is 6.83. The van der Waals surface area contributed by atoms with Crippen LogP contribution >= 0.6 is 0 Å². The van der Waals surface area contributed by atoms with Crippen molar-refractivity contribution in [3.63, 3.8) is 0 Å². The number of carbonyl (C=O) groups is 1. The van der Waals surface area contributed by atoms with Crippen LogP contribution in [0.25, 0.3) is 11.3 Å². The van der Waals surface area contributed by atoms with Crippen LogP contribution in [0.4, 0.5) is 24.7 Å². The number of likely N-dealkylation sites (tertiary alicyclic amines) is 1. The van der Waals surface area contributed by atoms with Gasteiger partial charge in [-0.1, -0.05) is 0 Å². The highest BCUT2D eigenvalue weighted by atomic mass is 19.1. The van der Waals surface area contributed by atoms with E-state index in [1.165, 1.54) is 24.4 Å². The highest BCUT2D eigenvalue weighted by Gasteiger charge is 2.48. The second-order valence-corrected chi connectivity index (χ2v) is 9.33. The summed E-state index contributed by atoms with van der Waals surface area (Å²) in [6, 6.07) is 10.6. The lowest BCUT2D eigenvalue weighted by atomic mass is 9.65. The van der Waals surface area contributed by atoms with Gasteiger partial charge in [0.2, 0.25) is 6.41 Å². The van der Waals surface area contributed by atoms with Gasteiger partial charge in [0, 0.05) is 42.5 Å². The number of amides is 1. The molecule has 2 aromatic heterocycles. The number of carbonyl (C=O) groups excluding carboxylic acids is 1. The Kier molecular flexibility index (Phi) is 6.14. The van der Waals surface area contributed by atoms with Crippen molar-refractivity contribution in [3.8, 4) is 11.3 Å². The molecule has 1 aromatic carbocycles. The van der Waals surface area contributed by atoms with Crippen LogP contribution in [-0.4, -0.2) is 65.4 Å². The van der Waals surface area contributed by atoms with Crippen LogP contribution in [-0.2, 0) is 10.2 Å². The minimum Gasteiger partial charge on any atom is -0.368 e. The van der Waals surface area contributed by atoms with Gasteiger partial charge in [0.25, 0.3) is 0 Å². The first-order valence-corrected chi connectivity index (χ1v) is 11.4. The zero-order valence-corrected chi connectivity index (χ0v) is 19.2. The zero-order valence-electron chi connectivity index (χ0n) is 19.2. The normalized spacial score (nSPS) is 22.2. The number of likely N-dealkylation sites (N-methyl/N-ethyl adjacent to an activating group) is 1. The summed E-state index contributed by atoms with van der Waals surface area (Å²) in [6.07, 6.45) is 1.59. The monoisotopic (exact) mass is 482 g/mol. The van der Waals surface area contributed by atoms with Crippen molar-refractivity contribution in [2.75, 3.05) is 36.9 Å². The minimum absolute atomic E-state index is 0.0418. The van der Waals surface area contributed by atoms with Gasteiger partial charge in [0.15, 0.2) is 0 Å². The summed E-state index contributed by atoms with van der Waals surface area (Å²) in [5.41, 5.74) is 0.599. The number of nitrogens with one attached hydrogen (secondary N) is 1. The number of hydrogen-bond donors (Lipinski definition) is 1. The molecule has 7 nitrogen and oxygen atoms in total. The average molecular weight is 483 g/mol. The van der Waals surface area contributed by atoms with Crippen LogP contribution in [0, 0.1) is 11.6 Å². The number of anilines is 2. The lowest BCUT2D eigenvalue weighted by Crippen LogP contribution is -2.57. The molecule has 3 aromatic rings. The quantitative estimate of drug-likeness (QED) is 0.495. The van der Waals surface area contributed by atoms with E-state index in [-0.39, 0.29) is 36.7 Å². The van der Waals surface area contributed by atoms with E-state index in [0.717, 1.165) is 19.5 Å². The molecular formula is C25H25F3N6O. The van der Waals surface area contributed by atoms with Crippen molar-refractivity contribution < 1.29 is 18.0 Å². The lowest BCUT2D eigenvalue weighted by Gasteiger charge is -2.44. The Morgan fingerprint density at radius 2 is 1.94 bits per heavy atom. The molecule has 0 bridgehead atoms. The molecule has 0 spiro atoms. The fourth-order valence-corrected chi connectivity index (χ4v) is 4.89. The number of pyridine rings is 1. The van der Waals surface area contributed by atoms with Crippen LogP contribution in [0.15, 0.2) is 48.7 Å². The van der Waals surface area contributed by atoms with Crippen LogP contribution in [0.3, 0.4) is 0 Å². The molecule has 2 fully saturated rings. The lowest BCUT2D eigenvalue weighted by molar-refractivity contribution is -0.108. The summed E-state index contributed by atoms with van der Waals surface area (Å²) in [5, 5.41) is 11.4. The molecule has 2 aliphatic rings. The van der Waals surface area contributed by atoms with Gasteiger partial charge in [-0.3, -0.25) is 9.78 Å². The van der Waals surface area contributed by atoms with Crippen molar-refractivity contribution in [1.29, 1.82) is 0 Å². The summed E-state index contributed by atoms with van der Waals surface area (Å²) >= 11 is 0. The predicted molar refractivity (Wildman–Crippen MR) is 126 cm³/mol. The molecule has 1 saturated heterocycles. The van der Waals surface area contributed by atoms with Gasteiger partial charge >= 0.3 is 0 Å². The van der Waals surface area contributed by atoms with E-state index < -0.39 is 23.2 Å². The van der Waals surface area contributed by atoms with Crippen LogP contribution in [0.1, 0.15) is 18.5 Å². The summed E-state index contributed by atoms with van der Waals surface area (Å²) in [7, 11) is 1.97. The van der Waals surface area contributed by atoms with Crippen molar-refractivity contribution in [1.82, 2.24) is 20.1 Å². The van der Waals surface area contributed by atoms with Crippen LogP contribution in [0.5, 0.6) is 0 Å². The molecule has 1 saturated carbocycles. The molecule has 0 unspecified atom stereocenters. The van der Waals surface area contributed by atoms with Gasteiger partial charge in [0.05, 0.1) is 17.4 Å². The van der Waals surface area contributed by atoms with Crippen molar-refractivity contribution >= 4 is 17.9 Å². The van der Waals surface area contributed by atoms with Crippen LogP contribution < -0.4 is 10.2 Å². The number of alkyl halides is 1. The largest absolute Gasteiger partial charge is 0.368 e. The SMILES string of the molecule is CN1CC(N(C=O)c2ccc(F)c(-c3ccc(NCC4(c5ncccc5F)CC(F)C4)nn3)c2)C1. The second kappa shape index (κ2) is 9.26. The molecule has 1 aliphatic carbocycles. The molecule has 1 aliphatic heterocycles. The standard InChI is InChI=1S/C25H25F3N6O/c1-33-12-18(13-33)34(15-35)17-4-5-20(27)19(9-17)22-6-7-23(32-31-22)30-14-25(10-16(26)11-25)24-21(28)3-2-8-29-24/h2-9,15-16,18H,10-14H2,1H3,(H,30,32). The fourth-order valence-electron chi connectivity index (χ4n) is 4.89. The van der Waals surface area contributed by atoms with Crippen molar-refractivity contribution in [2.45, 2.75) is 30.5 Å². The molecule has 1 N–H and O–H groups in total. The first-order valence-electron chi connectivity index (χ1n) is 11.4. The average Bonchev–Trinajstić information content (AvgIpc) is 2.82. The maximum absolute atomic E-state index is 14.6. The summed E-state index contributed by atoms with van der Waals surface area (Å²) in [6.45, 7) is 1.74. The Morgan fingerprint density at radius 3 is 2.57 bits per heavy atom. The first kappa shape index (κ1) is 23.2. The van der Waals surface area contributed by atoms with E-state index in [0.29, 0.717) is 17.2 Å². The van der Waals surface area contributed by atoms with Crippen LogP contribution in [0.2, 0.25) is 0 Å². The number of benzene rings is 1. The molecule has 35 heavy (non-hydrogen) atoms. The van der Waals surface area contributed by atoms with E-state index in [4.69, 9.17) is 0 Å². The molecular weight excluding hydrogens is 457 g/mol. The Labute approximate surface area is 201 Å². The maximum Gasteiger partial charge on any atom is 0.214 e. The highest BCUT2D eigenvalue weighted by Crippen LogP contribution is 2.45. The Bertz CT molecular complexity index is 1210. The molecule has 5 rings (SSSR count). The third-order valence-electron chi connectivity index (χ3n) is 6.83. The first-order chi connectivity index (χ1) is 16.9. The summed E-state index contributed by atoms with van der Waals surface area (Å²) in [5.74, 6) is -0.542. The highest BCUT2D eigenvalue weighted by molar-refractivity contribution is 5.79. The van der Waals surface area contributed by atoms with Gasteiger partial charge in [0.1, 0.15) is 23.6 Å². The van der Waals surface area contributed by atoms with E-state index in [2.05, 4.69) is 25.4 Å². The van der Waals surface area contributed by atoms with Crippen molar-refractivity contribution in [3.05, 3.63) is 66.0 Å². The third kappa shape index (κ3) is 4.45. The number of rotatable bonds is 8. The van der Waals surface area contributed by atoms with Gasteiger partial charge in [-0.05, 0) is 62.4 Å². The van der Waals surface area contributed by atoms with E-state index in [1.54, 1.807) is 29.2 Å². The van der Waals surface area contributed by atoms with Gasteiger partial charge < -0.3 is 15.1 Å². The molecule has 182 valence electrons. The Hall–Kier alpha value is -3.53.